The van der Waals surface area contributed by atoms with E-state index in [9.17, 15) is 9.59 Å². The largest absolute Gasteiger partial charge is 0.478 e. The Morgan fingerprint density at radius 2 is 2.00 bits per heavy atom. The van der Waals surface area contributed by atoms with Gasteiger partial charge in [-0.15, -0.1) is 0 Å². The number of imidazole rings is 1. The number of nitrogens with zero attached hydrogens (tertiary/aromatic N) is 2. The summed E-state index contributed by atoms with van der Waals surface area (Å²) < 4.78 is 0. The van der Waals surface area contributed by atoms with E-state index in [0.29, 0.717) is 12.4 Å². The fourth-order valence-corrected chi connectivity index (χ4v) is 1.74. The van der Waals surface area contributed by atoms with Crippen LogP contribution in [0.15, 0.2) is 36.7 Å². The lowest BCUT2D eigenvalue weighted by Crippen LogP contribution is -2.28. The molecule has 0 fully saturated rings. The van der Waals surface area contributed by atoms with Gasteiger partial charge in [0.2, 0.25) is 0 Å². The van der Waals surface area contributed by atoms with Gasteiger partial charge in [0.1, 0.15) is 5.82 Å². The summed E-state index contributed by atoms with van der Waals surface area (Å²) in [6.45, 7) is 0.291. The molecule has 2 N–H and O–H groups in total. The average molecular weight is 259 g/mol. The molecule has 0 radical (unpaired) electrons. The Kier molecular flexibility index (Phi) is 3.61. The molecule has 6 heteroatoms. The lowest BCUT2D eigenvalue weighted by molar-refractivity contribution is 0.0680. The molecule has 0 atom stereocenters. The zero-order chi connectivity index (χ0) is 13.8. The molecule has 1 aromatic carbocycles. The maximum absolute atomic E-state index is 12.2. The number of aromatic nitrogens is 2. The number of nitrogens with one attached hydrogen (secondary N) is 1. The van der Waals surface area contributed by atoms with E-state index in [4.69, 9.17) is 5.11 Å². The van der Waals surface area contributed by atoms with E-state index in [1.165, 1.54) is 17.0 Å². The molecule has 0 bridgehead atoms. The summed E-state index contributed by atoms with van der Waals surface area (Å²) in [5.74, 6) is -0.826. The van der Waals surface area contributed by atoms with E-state index >= 15 is 0 Å². The van der Waals surface area contributed by atoms with Crippen LogP contribution in [0.5, 0.6) is 0 Å². The first kappa shape index (κ1) is 12.8. The number of benzene rings is 1. The molecule has 6 nitrogen and oxygen atoms in total. The van der Waals surface area contributed by atoms with Crippen molar-refractivity contribution in [3.05, 3.63) is 53.6 Å². The Hall–Kier alpha value is -2.63. The van der Waals surface area contributed by atoms with Crippen LogP contribution in [0.4, 0.5) is 0 Å². The van der Waals surface area contributed by atoms with Gasteiger partial charge in [0.25, 0.3) is 5.91 Å². The number of amides is 1. The van der Waals surface area contributed by atoms with Crippen molar-refractivity contribution in [1.29, 1.82) is 0 Å². The number of rotatable bonds is 4. The molecular weight excluding hydrogens is 246 g/mol. The molecule has 0 saturated heterocycles. The van der Waals surface area contributed by atoms with Crippen LogP contribution < -0.4 is 0 Å². The maximum atomic E-state index is 12.2. The quantitative estimate of drug-likeness (QED) is 0.868. The highest BCUT2D eigenvalue weighted by Crippen LogP contribution is 2.12. The summed E-state index contributed by atoms with van der Waals surface area (Å²) >= 11 is 0. The van der Waals surface area contributed by atoms with Gasteiger partial charge in [0.05, 0.1) is 17.7 Å². The third-order valence-electron chi connectivity index (χ3n) is 2.68. The van der Waals surface area contributed by atoms with Crippen molar-refractivity contribution in [3.8, 4) is 0 Å². The predicted molar refractivity (Wildman–Crippen MR) is 67.8 cm³/mol. The highest BCUT2D eigenvalue weighted by atomic mass is 16.4. The molecular formula is C13H13N3O3. The topological polar surface area (TPSA) is 86.3 Å². The number of carboxylic acids is 1. The van der Waals surface area contributed by atoms with E-state index < -0.39 is 5.97 Å². The molecule has 1 amide bonds. The fraction of sp³-hybridized carbons (Fsp3) is 0.154. The van der Waals surface area contributed by atoms with Gasteiger partial charge in [-0.3, -0.25) is 4.79 Å². The highest BCUT2D eigenvalue weighted by Gasteiger charge is 2.19. The normalized spacial score (nSPS) is 10.2. The first-order chi connectivity index (χ1) is 9.09. The molecule has 1 heterocycles. The Balaban J connectivity index is 2.22. The summed E-state index contributed by atoms with van der Waals surface area (Å²) in [4.78, 5) is 31.6. The van der Waals surface area contributed by atoms with Crippen LogP contribution in [-0.4, -0.2) is 38.9 Å². The fourth-order valence-electron chi connectivity index (χ4n) is 1.74. The van der Waals surface area contributed by atoms with Crippen LogP contribution in [0.3, 0.4) is 0 Å². The van der Waals surface area contributed by atoms with Crippen LogP contribution in [0.25, 0.3) is 0 Å². The number of aromatic carboxylic acids is 1. The standard InChI is InChI=1S/C13H13N3O3/c1-16(8-11-14-6-7-15-11)12(17)9-4-2-3-5-10(9)13(18)19/h2-7H,8H2,1H3,(H,14,15)(H,18,19). The van der Waals surface area contributed by atoms with Crippen molar-refractivity contribution in [2.75, 3.05) is 7.05 Å². The third-order valence-corrected chi connectivity index (χ3v) is 2.68. The second-order valence-corrected chi connectivity index (χ2v) is 4.05. The van der Waals surface area contributed by atoms with Crippen molar-refractivity contribution in [2.24, 2.45) is 0 Å². The van der Waals surface area contributed by atoms with Gasteiger partial charge in [-0.1, -0.05) is 12.1 Å². The van der Waals surface area contributed by atoms with Crippen LogP contribution in [0, 0.1) is 0 Å². The molecule has 0 aliphatic rings. The Morgan fingerprint density at radius 1 is 1.32 bits per heavy atom. The van der Waals surface area contributed by atoms with Crippen molar-refractivity contribution < 1.29 is 14.7 Å². The van der Waals surface area contributed by atoms with Crippen LogP contribution in [0.2, 0.25) is 0 Å². The second kappa shape index (κ2) is 5.34. The molecule has 1 aromatic heterocycles. The van der Waals surface area contributed by atoms with Crippen LogP contribution >= 0.6 is 0 Å². The van der Waals surface area contributed by atoms with E-state index in [0.717, 1.165) is 0 Å². The van der Waals surface area contributed by atoms with Crippen LogP contribution in [0.1, 0.15) is 26.5 Å². The minimum Gasteiger partial charge on any atom is -0.478 e. The first-order valence-electron chi connectivity index (χ1n) is 5.65. The minimum atomic E-state index is -1.12. The molecule has 2 rings (SSSR count). The van der Waals surface area contributed by atoms with Crippen molar-refractivity contribution >= 4 is 11.9 Å². The van der Waals surface area contributed by atoms with Gasteiger partial charge in [-0.25, -0.2) is 9.78 Å². The van der Waals surface area contributed by atoms with E-state index in [2.05, 4.69) is 9.97 Å². The van der Waals surface area contributed by atoms with Gasteiger partial charge in [0.15, 0.2) is 0 Å². The van der Waals surface area contributed by atoms with Gasteiger partial charge in [0, 0.05) is 19.4 Å². The summed E-state index contributed by atoms with van der Waals surface area (Å²) in [5.41, 5.74) is 0.169. The number of carboxylic acid groups (broad SMARTS) is 1. The molecule has 2 aromatic rings. The number of aromatic amines is 1. The molecule has 19 heavy (non-hydrogen) atoms. The number of hydrogen-bond acceptors (Lipinski definition) is 3. The lowest BCUT2D eigenvalue weighted by Gasteiger charge is -2.16. The molecule has 0 aliphatic carbocycles. The Bertz CT molecular complexity index is 593. The Morgan fingerprint density at radius 3 is 2.58 bits per heavy atom. The highest BCUT2D eigenvalue weighted by molar-refractivity contribution is 6.04. The first-order valence-corrected chi connectivity index (χ1v) is 5.65. The summed E-state index contributed by atoms with van der Waals surface area (Å²) in [6.07, 6.45) is 3.26. The predicted octanol–water partition coefficient (Wildman–Crippen LogP) is 1.38. The monoisotopic (exact) mass is 259 g/mol. The van der Waals surface area contributed by atoms with Gasteiger partial charge in [-0.05, 0) is 12.1 Å². The molecule has 98 valence electrons. The number of H-pyrrole nitrogens is 1. The van der Waals surface area contributed by atoms with E-state index in [1.54, 1.807) is 31.6 Å². The van der Waals surface area contributed by atoms with E-state index in [-0.39, 0.29) is 17.0 Å². The summed E-state index contributed by atoms with van der Waals surface area (Å²) in [5, 5.41) is 9.06. The van der Waals surface area contributed by atoms with E-state index in [1.807, 2.05) is 0 Å². The van der Waals surface area contributed by atoms with Crippen molar-refractivity contribution in [1.82, 2.24) is 14.9 Å². The average Bonchev–Trinajstić information content (AvgIpc) is 2.90. The van der Waals surface area contributed by atoms with Gasteiger partial charge >= 0.3 is 5.97 Å². The zero-order valence-corrected chi connectivity index (χ0v) is 10.3. The summed E-state index contributed by atoms with van der Waals surface area (Å²) in [6, 6.07) is 6.15. The SMILES string of the molecule is CN(Cc1ncc[nH]1)C(=O)c1ccccc1C(=O)O. The van der Waals surface area contributed by atoms with Crippen molar-refractivity contribution in [3.63, 3.8) is 0 Å². The third kappa shape index (κ3) is 2.79. The second-order valence-electron chi connectivity index (χ2n) is 4.05. The number of carbonyl (C=O) groups is 2. The minimum absolute atomic E-state index is 0.00112. The van der Waals surface area contributed by atoms with Gasteiger partial charge < -0.3 is 15.0 Å². The lowest BCUT2D eigenvalue weighted by atomic mass is 10.1. The van der Waals surface area contributed by atoms with Gasteiger partial charge in [-0.2, -0.15) is 0 Å². The smallest absolute Gasteiger partial charge is 0.336 e. The zero-order valence-electron chi connectivity index (χ0n) is 10.3. The molecule has 0 saturated carbocycles. The van der Waals surface area contributed by atoms with Crippen LogP contribution in [-0.2, 0) is 6.54 Å². The number of carbonyl (C=O) groups excluding carboxylic acids is 1. The molecule has 0 spiro atoms. The Labute approximate surface area is 109 Å². The molecule has 0 aliphatic heterocycles. The number of hydrogen-bond donors (Lipinski definition) is 2. The maximum Gasteiger partial charge on any atom is 0.336 e. The summed E-state index contributed by atoms with van der Waals surface area (Å²) in [7, 11) is 1.60. The van der Waals surface area contributed by atoms with Crippen molar-refractivity contribution in [2.45, 2.75) is 6.54 Å². The molecule has 0 unspecified atom stereocenters.